The summed E-state index contributed by atoms with van der Waals surface area (Å²) in [5.74, 6) is -3.01. The molecule has 0 spiro atoms. The largest absolute Gasteiger partial charge is 0.480 e. The van der Waals surface area contributed by atoms with E-state index in [1.54, 1.807) is 6.20 Å². The Morgan fingerprint density at radius 1 is 0.745 bits per heavy atom. The van der Waals surface area contributed by atoms with Crippen molar-refractivity contribution in [2.45, 2.75) is 63.7 Å². The van der Waals surface area contributed by atoms with Gasteiger partial charge in [0.2, 0.25) is 17.7 Å². The number of hydrogen-bond donors (Lipinski definition) is 8. The predicted molar refractivity (Wildman–Crippen MR) is 177 cm³/mol. The first-order valence-electron chi connectivity index (χ1n) is 15.6. The van der Waals surface area contributed by atoms with Gasteiger partial charge in [0.05, 0.1) is 12.4 Å². The molecule has 0 aliphatic rings. The third-order valence-electron chi connectivity index (χ3n) is 8.12. The number of carbonyl (C=O) groups is 4. The van der Waals surface area contributed by atoms with Gasteiger partial charge in [-0.15, -0.1) is 0 Å². The van der Waals surface area contributed by atoms with Crippen LogP contribution in [0.25, 0.3) is 21.8 Å². The summed E-state index contributed by atoms with van der Waals surface area (Å²) in [6.45, 7) is 3.78. The maximum atomic E-state index is 13.9. The number of nitrogens with two attached hydrogens (primary N) is 1. The van der Waals surface area contributed by atoms with Crippen LogP contribution in [0.4, 0.5) is 0 Å². The number of amides is 3. The molecule has 5 rings (SSSR count). The third kappa shape index (κ3) is 8.24. The minimum atomic E-state index is -1.25. The number of nitrogens with one attached hydrogen (secondary N) is 6. The highest BCUT2D eigenvalue weighted by molar-refractivity contribution is 5.95. The number of rotatable bonds is 15. The summed E-state index contributed by atoms with van der Waals surface area (Å²) >= 11 is 0. The van der Waals surface area contributed by atoms with Crippen LogP contribution in [-0.2, 0) is 38.4 Å². The summed E-state index contributed by atoms with van der Waals surface area (Å²) < 4.78 is 0. The Hall–Kier alpha value is -5.43. The van der Waals surface area contributed by atoms with Crippen LogP contribution in [0.15, 0.2) is 73.4 Å². The Labute approximate surface area is 271 Å². The highest BCUT2D eigenvalue weighted by Gasteiger charge is 2.32. The molecule has 0 aliphatic heterocycles. The molecule has 5 aromatic rings. The van der Waals surface area contributed by atoms with E-state index < -0.39 is 47.9 Å². The van der Waals surface area contributed by atoms with Crippen molar-refractivity contribution in [3.8, 4) is 0 Å². The minimum Gasteiger partial charge on any atom is -0.480 e. The van der Waals surface area contributed by atoms with Crippen LogP contribution in [0.1, 0.15) is 37.1 Å². The number of imidazole rings is 1. The summed E-state index contributed by atoms with van der Waals surface area (Å²) in [5, 5.41) is 19.8. The SMILES string of the molecule is CC(C)CC(NC(=O)C(Cc1c[nH]c2ccccc12)NC(=O)C(N)Cc1c[nH]c2ccccc12)C(=O)NC(Cc1cnc[nH]1)C(=O)O. The molecule has 3 aromatic heterocycles. The summed E-state index contributed by atoms with van der Waals surface area (Å²) in [6.07, 6.45) is 7.09. The molecule has 3 heterocycles. The van der Waals surface area contributed by atoms with Crippen LogP contribution in [0, 0.1) is 5.92 Å². The van der Waals surface area contributed by atoms with E-state index in [0.717, 1.165) is 32.9 Å². The van der Waals surface area contributed by atoms with E-state index in [2.05, 4.69) is 35.9 Å². The number of para-hydroxylation sites is 2. The molecule has 3 amide bonds. The number of benzene rings is 2. The van der Waals surface area contributed by atoms with E-state index in [1.807, 2.05) is 68.6 Å². The van der Waals surface area contributed by atoms with Gasteiger partial charge in [0.15, 0.2) is 0 Å². The van der Waals surface area contributed by atoms with Gasteiger partial charge in [0, 0.05) is 58.9 Å². The summed E-state index contributed by atoms with van der Waals surface area (Å²) in [6, 6.07) is 11.0. The average Bonchev–Trinajstić information content (AvgIpc) is 3.81. The highest BCUT2D eigenvalue weighted by Crippen LogP contribution is 2.21. The fraction of sp³-hybridized carbons (Fsp3) is 0.324. The van der Waals surface area contributed by atoms with Gasteiger partial charge in [-0.1, -0.05) is 50.2 Å². The topological polar surface area (TPSA) is 211 Å². The minimum absolute atomic E-state index is 0.0169. The molecule has 13 heteroatoms. The van der Waals surface area contributed by atoms with E-state index in [1.165, 1.54) is 12.5 Å². The number of aliphatic carboxylic acids is 1. The Morgan fingerprint density at radius 2 is 1.30 bits per heavy atom. The number of nitrogens with zero attached hydrogens (tertiary/aromatic N) is 1. The average molecular weight is 641 g/mol. The van der Waals surface area contributed by atoms with E-state index in [-0.39, 0.29) is 31.6 Å². The van der Waals surface area contributed by atoms with Crippen molar-refractivity contribution in [3.63, 3.8) is 0 Å². The van der Waals surface area contributed by atoms with Crippen molar-refractivity contribution in [1.82, 2.24) is 35.9 Å². The van der Waals surface area contributed by atoms with Crippen molar-refractivity contribution in [1.29, 1.82) is 0 Å². The molecule has 13 nitrogen and oxygen atoms in total. The zero-order valence-corrected chi connectivity index (χ0v) is 26.2. The molecule has 47 heavy (non-hydrogen) atoms. The first kappa shape index (κ1) is 32.9. The van der Waals surface area contributed by atoms with E-state index >= 15 is 0 Å². The fourth-order valence-electron chi connectivity index (χ4n) is 5.70. The summed E-state index contributed by atoms with van der Waals surface area (Å²) in [5.41, 5.74) is 10.4. The predicted octanol–water partition coefficient (Wildman–Crippen LogP) is 2.31. The van der Waals surface area contributed by atoms with Gasteiger partial charge in [-0.3, -0.25) is 14.4 Å². The molecule has 0 fully saturated rings. The molecule has 2 aromatic carbocycles. The molecule has 0 radical (unpaired) electrons. The third-order valence-corrected chi connectivity index (χ3v) is 8.12. The van der Waals surface area contributed by atoms with Crippen LogP contribution in [0.5, 0.6) is 0 Å². The zero-order valence-electron chi connectivity index (χ0n) is 26.2. The second-order valence-corrected chi connectivity index (χ2v) is 12.2. The normalized spacial score (nSPS) is 14.0. The van der Waals surface area contributed by atoms with Gasteiger partial charge in [0.25, 0.3) is 0 Å². The van der Waals surface area contributed by atoms with Gasteiger partial charge < -0.3 is 41.7 Å². The Bertz CT molecular complexity index is 1840. The number of aromatic nitrogens is 4. The van der Waals surface area contributed by atoms with Gasteiger partial charge in [-0.05, 0) is 42.0 Å². The number of aromatic amines is 3. The lowest BCUT2D eigenvalue weighted by atomic mass is 9.99. The zero-order chi connectivity index (χ0) is 33.5. The number of carbonyl (C=O) groups excluding carboxylic acids is 3. The van der Waals surface area contributed by atoms with Crippen LogP contribution in [0.2, 0.25) is 0 Å². The molecular weight excluding hydrogens is 600 g/mol. The highest BCUT2D eigenvalue weighted by atomic mass is 16.4. The number of fused-ring (bicyclic) bond motifs is 2. The lowest BCUT2D eigenvalue weighted by Gasteiger charge is -2.26. The number of carboxylic acids is 1. The standard InChI is InChI=1S/C34H40N8O5/c1-19(2)11-28(32(44)42-30(34(46)47)14-22-17-36-18-39-22)41-33(45)29(13-21-16-38-27-10-6-4-8-24(21)27)40-31(43)25(35)12-20-15-37-26-9-5-3-7-23(20)26/h3-10,15-19,25,28-30,37-38H,11-14,35H2,1-2H3,(H,36,39)(H,40,43)(H,41,45)(H,42,44)(H,46,47). The van der Waals surface area contributed by atoms with Gasteiger partial charge in [-0.2, -0.15) is 0 Å². The van der Waals surface area contributed by atoms with Crippen LogP contribution in [0.3, 0.4) is 0 Å². The van der Waals surface area contributed by atoms with Gasteiger partial charge in [0.1, 0.15) is 18.1 Å². The van der Waals surface area contributed by atoms with Crippen molar-refractivity contribution >= 4 is 45.5 Å². The Kier molecular flexibility index (Phi) is 10.4. The van der Waals surface area contributed by atoms with Crippen LogP contribution < -0.4 is 21.7 Å². The smallest absolute Gasteiger partial charge is 0.326 e. The quantitative estimate of drug-likeness (QED) is 0.0855. The second-order valence-electron chi connectivity index (χ2n) is 12.2. The summed E-state index contributed by atoms with van der Waals surface area (Å²) in [4.78, 5) is 66.0. The number of H-pyrrole nitrogens is 3. The molecule has 0 saturated carbocycles. The fourth-order valence-corrected chi connectivity index (χ4v) is 5.70. The van der Waals surface area contributed by atoms with Crippen molar-refractivity contribution < 1.29 is 24.3 Å². The van der Waals surface area contributed by atoms with E-state index in [0.29, 0.717) is 5.69 Å². The maximum absolute atomic E-state index is 13.9. The molecular formula is C34H40N8O5. The van der Waals surface area contributed by atoms with Crippen LogP contribution >= 0.6 is 0 Å². The van der Waals surface area contributed by atoms with Crippen molar-refractivity contribution in [2.75, 3.05) is 0 Å². The molecule has 246 valence electrons. The first-order chi connectivity index (χ1) is 22.6. The van der Waals surface area contributed by atoms with Crippen molar-refractivity contribution in [2.24, 2.45) is 11.7 Å². The molecule has 0 bridgehead atoms. The number of carboxylic acid groups (broad SMARTS) is 1. The molecule has 4 unspecified atom stereocenters. The van der Waals surface area contributed by atoms with Crippen molar-refractivity contribution in [3.05, 3.63) is 90.3 Å². The Morgan fingerprint density at radius 3 is 1.87 bits per heavy atom. The van der Waals surface area contributed by atoms with E-state index in [4.69, 9.17) is 5.73 Å². The first-order valence-corrected chi connectivity index (χ1v) is 15.6. The molecule has 0 aliphatic carbocycles. The summed E-state index contributed by atoms with van der Waals surface area (Å²) in [7, 11) is 0. The second kappa shape index (κ2) is 14.8. The lowest BCUT2D eigenvalue weighted by Crippen LogP contribution is -2.58. The Balaban J connectivity index is 1.35. The molecule has 0 saturated heterocycles. The number of hydrogen-bond acceptors (Lipinski definition) is 6. The van der Waals surface area contributed by atoms with Gasteiger partial charge in [-0.25, -0.2) is 9.78 Å². The van der Waals surface area contributed by atoms with Crippen LogP contribution in [-0.4, -0.2) is 72.9 Å². The molecule has 9 N–H and O–H groups in total. The van der Waals surface area contributed by atoms with Gasteiger partial charge >= 0.3 is 5.97 Å². The van der Waals surface area contributed by atoms with E-state index in [9.17, 15) is 24.3 Å². The molecule has 4 atom stereocenters. The maximum Gasteiger partial charge on any atom is 0.326 e. The lowest BCUT2D eigenvalue weighted by molar-refractivity contribution is -0.142. The monoisotopic (exact) mass is 640 g/mol.